The van der Waals surface area contributed by atoms with Gasteiger partial charge in [0.1, 0.15) is 11.9 Å². The number of nitro benzene ring substituents is 1. The van der Waals surface area contributed by atoms with E-state index >= 15 is 0 Å². The van der Waals surface area contributed by atoms with Crippen LogP contribution in [0.5, 0.6) is 0 Å². The van der Waals surface area contributed by atoms with Crippen molar-refractivity contribution in [3.8, 4) is 0 Å². The molecule has 2 aromatic carbocycles. The smallest absolute Gasteiger partial charge is 0.271 e. The topological polar surface area (TPSA) is 84.3 Å². The number of carbonyl (C=O) groups excluding carboxylic acids is 1. The van der Waals surface area contributed by atoms with Crippen molar-refractivity contribution < 1.29 is 14.1 Å². The summed E-state index contributed by atoms with van der Waals surface area (Å²) in [6, 6.07) is 7.67. The maximum absolute atomic E-state index is 13.5. The van der Waals surface area contributed by atoms with E-state index in [1.165, 1.54) is 18.2 Å². The van der Waals surface area contributed by atoms with Gasteiger partial charge in [-0.3, -0.25) is 14.9 Å². The number of halogens is 2. The first kappa shape index (κ1) is 17.7. The molecule has 8 heteroatoms. The summed E-state index contributed by atoms with van der Waals surface area (Å²) in [5, 5.41) is 16.2. The van der Waals surface area contributed by atoms with Gasteiger partial charge in [0, 0.05) is 17.8 Å². The molecule has 1 atom stereocenters. The number of nitrogens with zero attached hydrogens (tertiary/aromatic N) is 1. The molecular weight excluding hydrogens is 337 g/mol. The van der Waals surface area contributed by atoms with Crippen molar-refractivity contribution in [1.82, 2.24) is 0 Å². The molecule has 2 rings (SSSR count). The molecule has 0 spiro atoms. The number of nitro groups is 1. The fourth-order valence-corrected chi connectivity index (χ4v) is 2.18. The third kappa shape index (κ3) is 4.20. The first-order valence-corrected chi connectivity index (χ1v) is 7.43. The highest BCUT2D eigenvalue weighted by Crippen LogP contribution is 2.26. The van der Waals surface area contributed by atoms with Crippen LogP contribution in [0.2, 0.25) is 5.02 Å². The number of non-ortho nitro benzene ring substituents is 1. The Balaban J connectivity index is 2.06. The third-order valence-electron chi connectivity index (χ3n) is 3.37. The Morgan fingerprint density at radius 2 is 2.00 bits per heavy atom. The van der Waals surface area contributed by atoms with Gasteiger partial charge in [0.15, 0.2) is 0 Å². The fourth-order valence-electron chi connectivity index (χ4n) is 1.96. The second-order valence-corrected chi connectivity index (χ2v) is 5.65. The Kier molecular flexibility index (Phi) is 5.35. The van der Waals surface area contributed by atoms with E-state index in [1.807, 2.05) is 0 Å². The number of aryl methyl sites for hydroxylation is 1. The molecule has 0 radical (unpaired) electrons. The SMILES string of the molecule is Cc1ccc(NC(C)C(=O)Nc2ccc([N+](=O)[O-])cc2Cl)cc1F. The zero-order valence-electron chi connectivity index (χ0n) is 13.0. The minimum Gasteiger partial charge on any atom is -0.374 e. The summed E-state index contributed by atoms with van der Waals surface area (Å²) in [6.45, 7) is 3.25. The minimum atomic E-state index is -0.668. The minimum absolute atomic E-state index is 0.0612. The Bertz CT molecular complexity index is 798. The van der Waals surface area contributed by atoms with E-state index in [0.29, 0.717) is 11.3 Å². The van der Waals surface area contributed by atoms with Gasteiger partial charge in [0.05, 0.1) is 15.6 Å². The van der Waals surface area contributed by atoms with Gasteiger partial charge in [0.25, 0.3) is 5.69 Å². The average molecular weight is 352 g/mol. The van der Waals surface area contributed by atoms with Gasteiger partial charge in [-0.05, 0) is 37.6 Å². The van der Waals surface area contributed by atoms with Crippen molar-refractivity contribution in [2.24, 2.45) is 0 Å². The molecule has 2 aromatic rings. The van der Waals surface area contributed by atoms with Gasteiger partial charge in [-0.15, -0.1) is 0 Å². The highest BCUT2D eigenvalue weighted by Gasteiger charge is 2.16. The molecule has 2 N–H and O–H groups in total. The number of hydrogen-bond acceptors (Lipinski definition) is 4. The number of hydrogen-bond donors (Lipinski definition) is 2. The molecule has 24 heavy (non-hydrogen) atoms. The van der Waals surface area contributed by atoms with Crippen molar-refractivity contribution in [2.45, 2.75) is 19.9 Å². The Labute approximate surface area is 142 Å². The van der Waals surface area contributed by atoms with E-state index in [-0.39, 0.29) is 22.2 Å². The van der Waals surface area contributed by atoms with E-state index < -0.39 is 16.9 Å². The molecule has 6 nitrogen and oxygen atoms in total. The molecule has 0 saturated carbocycles. The van der Waals surface area contributed by atoms with E-state index in [4.69, 9.17) is 11.6 Å². The van der Waals surface area contributed by atoms with E-state index in [1.54, 1.807) is 26.0 Å². The molecule has 1 amide bonds. The maximum Gasteiger partial charge on any atom is 0.271 e. The van der Waals surface area contributed by atoms with Crippen LogP contribution in [0, 0.1) is 22.9 Å². The van der Waals surface area contributed by atoms with Crippen LogP contribution in [0.25, 0.3) is 0 Å². The van der Waals surface area contributed by atoms with Crippen LogP contribution in [0.1, 0.15) is 12.5 Å². The van der Waals surface area contributed by atoms with Crippen LogP contribution in [0.3, 0.4) is 0 Å². The number of benzene rings is 2. The standard InChI is InChI=1S/C16H15ClFN3O3/c1-9-3-4-11(7-14(9)18)19-10(2)16(22)20-15-6-5-12(21(23)24)8-13(15)17/h3-8,10,19H,1-2H3,(H,20,22). The van der Waals surface area contributed by atoms with Crippen LogP contribution in [0.4, 0.5) is 21.5 Å². The zero-order chi connectivity index (χ0) is 17.9. The normalized spacial score (nSPS) is 11.7. The number of nitrogens with one attached hydrogen (secondary N) is 2. The Morgan fingerprint density at radius 3 is 2.58 bits per heavy atom. The fraction of sp³-hybridized carbons (Fsp3) is 0.188. The quantitative estimate of drug-likeness (QED) is 0.626. The van der Waals surface area contributed by atoms with Gasteiger partial charge < -0.3 is 10.6 Å². The highest BCUT2D eigenvalue weighted by atomic mass is 35.5. The first-order valence-electron chi connectivity index (χ1n) is 7.05. The lowest BCUT2D eigenvalue weighted by atomic mass is 10.2. The molecule has 0 aromatic heterocycles. The van der Waals surface area contributed by atoms with E-state index in [9.17, 15) is 19.3 Å². The van der Waals surface area contributed by atoms with Crippen LogP contribution in [0.15, 0.2) is 36.4 Å². The Hall–Kier alpha value is -2.67. The van der Waals surface area contributed by atoms with Gasteiger partial charge in [-0.1, -0.05) is 17.7 Å². The number of anilines is 2. The Morgan fingerprint density at radius 1 is 1.29 bits per heavy atom. The van der Waals surface area contributed by atoms with Crippen LogP contribution >= 0.6 is 11.6 Å². The van der Waals surface area contributed by atoms with Crippen molar-refractivity contribution in [1.29, 1.82) is 0 Å². The predicted octanol–water partition coefficient (Wildman–Crippen LogP) is 4.13. The van der Waals surface area contributed by atoms with Crippen molar-refractivity contribution in [3.05, 3.63) is 62.9 Å². The molecule has 0 fully saturated rings. The lowest BCUT2D eigenvalue weighted by Gasteiger charge is -2.16. The second kappa shape index (κ2) is 7.27. The molecule has 0 saturated heterocycles. The molecule has 0 heterocycles. The van der Waals surface area contributed by atoms with Crippen LogP contribution in [-0.2, 0) is 4.79 Å². The molecular formula is C16H15ClFN3O3. The number of rotatable bonds is 5. The van der Waals surface area contributed by atoms with Crippen molar-refractivity contribution in [3.63, 3.8) is 0 Å². The summed E-state index contributed by atoms with van der Waals surface area (Å²) in [6.07, 6.45) is 0. The summed E-state index contributed by atoms with van der Waals surface area (Å²) >= 11 is 5.93. The lowest BCUT2D eigenvalue weighted by molar-refractivity contribution is -0.384. The second-order valence-electron chi connectivity index (χ2n) is 5.24. The maximum atomic E-state index is 13.5. The average Bonchev–Trinajstić information content (AvgIpc) is 2.52. The number of carbonyl (C=O) groups is 1. The zero-order valence-corrected chi connectivity index (χ0v) is 13.7. The highest BCUT2D eigenvalue weighted by molar-refractivity contribution is 6.34. The number of amides is 1. The largest absolute Gasteiger partial charge is 0.374 e. The summed E-state index contributed by atoms with van der Waals surface area (Å²) in [5.74, 6) is -0.780. The molecule has 1 unspecified atom stereocenters. The van der Waals surface area contributed by atoms with Crippen LogP contribution in [-0.4, -0.2) is 16.9 Å². The summed E-state index contributed by atoms with van der Waals surface area (Å²) in [7, 11) is 0. The molecule has 0 bridgehead atoms. The summed E-state index contributed by atoms with van der Waals surface area (Å²) in [5.41, 5.74) is 1.07. The third-order valence-corrected chi connectivity index (χ3v) is 3.68. The molecule has 0 aliphatic carbocycles. The van der Waals surface area contributed by atoms with E-state index in [2.05, 4.69) is 10.6 Å². The lowest BCUT2D eigenvalue weighted by Crippen LogP contribution is -2.32. The van der Waals surface area contributed by atoms with Crippen molar-refractivity contribution in [2.75, 3.05) is 10.6 Å². The van der Waals surface area contributed by atoms with Gasteiger partial charge >= 0.3 is 0 Å². The predicted molar refractivity (Wildman–Crippen MR) is 91.0 cm³/mol. The van der Waals surface area contributed by atoms with Gasteiger partial charge in [0.2, 0.25) is 5.91 Å². The summed E-state index contributed by atoms with van der Waals surface area (Å²) in [4.78, 5) is 22.3. The van der Waals surface area contributed by atoms with Gasteiger partial charge in [-0.25, -0.2) is 4.39 Å². The van der Waals surface area contributed by atoms with Crippen molar-refractivity contribution >= 4 is 34.6 Å². The summed E-state index contributed by atoms with van der Waals surface area (Å²) < 4.78 is 13.5. The van der Waals surface area contributed by atoms with E-state index in [0.717, 1.165) is 6.07 Å². The molecule has 0 aliphatic rings. The van der Waals surface area contributed by atoms with Crippen LogP contribution < -0.4 is 10.6 Å². The first-order chi connectivity index (χ1) is 11.3. The molecule has 0 aliphatic heterocycles. The molecule has 126 valence electrons. The monoisotopic (exact) mass is 351 g/mol. The van der Waals surface area contributed by atoms with Gasteiger partial charge in [-0.2, -0.15) is 0 Å².